The van der Waals surface area contributed by atoms with Crippen molar-refractivity contribution in [1.82, 2.24) is 15.1 Å². The smallest absolute Gasteiger partial charge is 0.261 e. The molecule has 0 aliphatic heterocycles. The molecule has 2 aromatic heterocycles. The van der Waals surface area contributed by atoms with Gasteiger partial charge < -0.3 is 15.2 Å². The van der Waals surface area contributed by atoms with E-state index in [4.69, 9.17) is 9.51 Å². The third-order valence-electron chi connectivity index (χ3n) is 5.57. The van der Waals surface area contributed by atoms with Crippen molar-refractivity contribution in [1.29, 1.82) is 0 Å². The third kappa shape index (κ3) is 4.17. The molecule has 2 heterocycles. The Bertz CT molecular complexity index is 717. The number of hydrogen-bond acceptors (Lipinski definition) is 6. The van der Waals surface area contributed by atoms with Crippen molar-refractivity contribution in [3.63, 3.8) is 0 Å². The van der Waals surface area contributed by atoms with E-state index in [0.717, 1.165) is 17.1 Å². The molecule has 0 radical (unpaired) electrons. The maximum absolute atomic E-state index is 5.46. The van der Waals surface area contributed by atoms with E-state index in [1.807, 2.05) is 13.1 Å². The predicted octanol–water partition coefficient (Wildman–Crippen LogP) is 4.93. The molecule has 0 saturated heterocycles. The maximum Gasteiger partial charge on any atom is 0.261 e. The van der Waals surface area contributed by atoms with Crippen LogP contribution in [0.1, 0.15) is 70.0 Å². The zero-order chi connectivity index (χ0) is 17.8. The Balaban J connectivity index is 1.57. The molecule has 26 heavy (non-hydrogen) atoms. The maximum atomic E-state index is 5.46. The lowest BCUT2D eigenvalue weighted by Gasteiger charge is -2.25. The number of anilines is 2. The van der Waals surface area contributed by atoms with Crippen molar-refractivity contribution in [2.75, 3.05) is 10.6 Å². The van der Waals surface area contributed by atoms with Gasteiger partial charge in [0.05, 0.1) is 17.4 Å². The number of aryl methyl sites for hydroxylation is 1. The van der Waals surface area contributed by atoms with Crippen molar-refractivity contribution in [2.24, 2.45) is 0 Å². The lowest BCUT2D eigenvalue weighted by Crippen LogP contribution is -2.24. The summed E-state index contributed by atoms with van der Waals surface area (Å²) < 4.78 is 5.46. The number of pyridine rings is 1. The Labute approximate surface area is 155 Å². The molecule has 0 unspecified atom stereocenters. The average Bonchev–Trinajstić information content (AvgIpc) is 3.11. The van der Waals surface area contributed by atoms with Crippen LogP contribution in [0.15, 0.2) is 16.8 Å². The first-order valence-corrected chi connectivity index (χ1v) is 10.1. The van der Waals surface area contributed by atoms with E-state index in [-0.39, 0.29) is 0 Å². The van der Waals surface area contributed by atoms with E-state index in [0.29, 0.717) is 23.8 Å². The van der Waals surface area contributed by atoms with Crippen LogP contribution in [-0.2, 0) is 0 Å². The minimum Gasteiger partial charge on any atom is -0.381 e. The van der Waals surface area contributed by atoms with Crippen LogP contribution in [0.4, 0.5) is 11.5 Å². The molecule has 0 bridgehead atoms. The van der Waals surface area contributed by atoms with Crippen LogP contribution in [-0.4, -0.2) is 27.2 Å². The zero-order valence-electron chi connectivity index (χ0n) is 15.6. The van der Waals surface area contributed by atoms with Gasteiger partial charge in [-0.15, -0.1) is 0 Å². The molecular weight excluding hydrogens is 326 g/mol. The highest BCUT2D eigenvalue weighted by molar-refractivity contribution is 5.73. The fourth-order valence-corrected chi connectivity index (χ4v) is 4.15. The van der Waals surface area contributed by atoms with Gasteiger partial charge in [0, 0.05) is 12.1 Å². The Morgan fingerprint density at radius 2 is 1.58 bits per heavy atom. The first kappa shape index (κ1) is 17.3. The molecular formula is C20H29N5O. The van der Waals surface area contributed by atoms with Gasteiger partial charge in [-0.1, -0.05) is 43.7 Å². The summed E-state index contributed by atoms with van der Waals surface area (Å²) >= 11 is 0. The van der Waals surface area contributed by atoms with Crippen LogP contribution >= 0.6 is 0 Å². The largest absolute Gasteiger partial charge is 0.381 e. The van der Waals surface area contributed by atoms with Crippen molar-refractivity contribution in [2.45, 2.75) is 83.2 Å². The van der Waals surface area contributed by atoms with Crippen molar-refractivity contribution < 1.29 is 4.52 Å². The monoisotopic (exact) mass is 355 g/mol. The van der Waals surface area contributed by atoms with E-state index in [9.17, 15) is 0 Å². The van der Waals surface area contributed by atoms with Crippen LogP contribution in [0.25, 0.3) is 11.5 Å². The molecule has 4 rings (SSSR count). The summed E-state index contributed by atoms with van der Waals surface area (Å²) in [6.45, 7) is 1.85. The molecule has 0 atom stereocenters. The molecule has 140 valence electrons. The highest BCUT2D eigenvalue weighted by Crippen LogP contribution is 2.31. The minimum atomic E-state index is 0.483. The summed E-state index contributed by atoms with van der Waals surface area (Å²) in [5.41, 5.74) is 1.94. The van der Waals surface area contributed by atoms with Gasteiger partial charge >= 0.3 is 0 Å². The average molecular weight is 355 g/mol. The summed E-state index contributed by atoms with van der Waals surface area (Å²) in [5.74, 6) is 2.05. The fraction of sp³-hybridized carbons (Fsp3) is 0.650. The molecule has 2 aliphatic rings. The van der Waals surface area contributed by atoms with E-state index < -0.39 is 0 Å². The number of nitrogens with zero attached hydrogens (tertiary/aromatic N) is 3. The summed E-state index contributed by atoms with van der Waals surface area (Å²) in [6, 6.07) is 3.14. The zero-order valence-corrected chi connectivity index (χ0v) is 15.6. The number of rotatable bonds is 5. The summed E-state index contributed by atoms with van der Waals surface area (Å²) in [5, 5.41) is 11.2. The van der Waals surface area contributed by atoms with Crippen LogP contribution in [0, 0.1) is 6.92 Å². The standard InChI is InChI=1S/C20H29N5O/c1-14-22-20(26-25-14)18-12-17(23-15-8-4-2-5-9-15)13-21-19(18)24-16-10-6-3-7-11-16/h12-13,15-16,23H,2-11H2,1H3,(H,21,24). The number of nitrogens with one attached hydrogen (secondary N) is 2. The third-order valence-corrected chi connectivity index (χ3v) is 5.57. The second kappa shape index (κ2) is 8.06. The van der Waals surface area contributed by atoms with Crippen LogP contribution in [0.2, 0.25) is 0 Å². The van der Waals surface area contributed by atoms with Gasteiger partial charge in [-0.2, -0.15) is 4.98 Å². The number of hydrogen-bond donors (Lipinski definition) is 2. The van der Waals surface area contributed by atoms with Gasteiger partial charge in [0.1, 0.15) is 5.82 Å². The quantitative estimate of drug-likeness (QED) is 0.792. The van der Waals surface area contributed by atoms with Crippen molar-refractivity contribution in [3.8, 4) is 11.5 Å². The Morgan fingerprint density at radius 3 is 2.19 bits per heavy atom. The molecule has 2 fully saturated rings. The molecule has 6 nitrogen and oxygen atoms in total. The molecule has 6 heteroatoms. The Morgan fingerprint density at radius 1 is 0.923 bits per heavy atom. The van der Waals surface area contributed by atoms with Crippen molar-refractivity contribution in [3.05, 3.63) is 18.1 Å². The van der Waals surface area contributed by atoms with Gasteiger partial charge in [-0.05, 0) is 38.7 Å². The molecule has 0 spiro atoms. The summed E-state index contributed by atoms with van der Waals surface area (Å²) in [4.78, 5) is 9.16. The van der Waals surface area contributed by atoms with Gasteiger partial charge in [-0.25, -0.2) is 4.98 Å². The predicted molar refractivity (Wildman–Crippen MR) is 103 cm³/mol. The normalized spacial score (nSPS) is 19.4. The Hall–Kier alpha value is -2.11. The van der Waals surface area contributed by atoms with Crippen LogP contribution in [0.5, 0.6) is 0 Å². The molecule has 2 saturated carbocycles. The van der Waals surface area contributed by atoms with Gasteiger partial charge in [0.25, 0.3) is 5.89 Å². The Kier molecular flexibility index (Phi) is 5.37. The van der Waals surface area contributed by atoms with Gasteiger partial charge in [-0.3, -0.25) is 0 Å². The topological polar surface area (TPSA) is 75.9 Å². The second-order valence-electron chi connectivity index (χ2n) is 7.73. The second-order valence-corrected chi connectivity index (χ2v) is 7.73. The SMILES string of the molecule is Cc1noc(-c2cc(NC3CCCCC3)cnc2NC2CCCCC2)n1. The summed E-state index contributed by atoms with van der Waals surface area (Å²) in [6.07, 6.45) is 14.7. The molecule has 0 aromatic carbocycles. The molecule has 2 N–H and O–H groups in total. The highest BCUT2D eigenvalue weighted by atomic mass is 16.5. The van der Waals surface area contributed by atoms with Crippen LogP contribution in [0.3, 0.4) is 0 Å². The lowest BCUT2D eigenvalue weighted by atomic mass is 9.95. The van der Waals surface area contributed by atoms with E-state index in [1.165, 1.54) is 64.2 Å². The van der Waals surface area contributed by atoms with Crippen LogP contribution < -0.4 is 10.6 Å². The van der Waals surface area contributed by atoms with Gasteiger partial charge in [0.2, 0.25) is 0 Å². The van der Waals surface area contributed by atoms with E-state index >= 15 is 0 Å². The highest BCUT2D eigenvalue weighted by Gasteiger charge is 2.20. The molecule has 2 aromatic rings. The lowest BCUT2D eigenvalue weighted by molar-refractivity contribution is 0.425. The first-order chi connectivity index (χ1) is 12.8. The summed E-state index contributed by atoms with van der Waals surface area (Å²) in [7, 11) is 0. The van der Waals surface area contributed by atoms with E-state index in [1.54, 1.807) is 0 Å². The van der Waals surface area contributed by atoms with Gasteiger partial charge in [0.15, 0.2) is 5.82 Å². The number of aromatic nitrogens is 3. The van der Waals surface area contributed by atoms with E-state index in [2.05, 4.69) is 26.8 Å². The fourth-order valence-electron chi connectivity index (χ4n) is 4.15. The molecule has 0 amide bonds. The minimum absolute atomic E-state index is 0.483. The molecule has 2 aliphatic carbocycles. The first-order valence-electron chi connectivity index (χ1n) is 10.1. The van der Waals surface area contributed by atoms with Crippen molar-refractivity contribution >= 4 is 11.5 Å².